The molecule has 21 heavy (non-hydrogen) atoms. The summed E-state index contributed by atoms with van der Waals surface area (Å²) in [6, 6.07) is 8.07. The summed E-state index contributed by atoms with van der Waals surface area (Å²) >= 11 is 0. The van der Waals surface area contributed by atoms with E-state index in [1.54, 1.807) is 24.0 Å². The van der Waals surface area contributed by atoms with E-state index in [2.05, 4.69) is 24.0 Å². The SMILES string of the molecule is Cc1ccccc1CC[C@H]([C@H](C)O)n1cnc(C(N)=O)c1. The Labute approximate surface area is 124 Å². The van der Waals surface area contributed by atoms with E-state index >= 15 is 0 Å². The largest absolute Gasteiger partial charge is 0.391 e. The van der Waals surface area contributed by atoms with Gasteiger partial charge in [-0.15, -0.1) is 0 Å². The zero-order valence-electron chi connectivity index (χ0n) is 12.4. The lowest BCUT2D eigenvalue weighted by molar-refractivity contribution is 0.0994. The lowest BCUT2D eigenvalue weighted by Gasteiger charge is -2.21. The molecule has 5 nitrogen and oxygen atoms in total. The molecule has 2 aromatic rings. The molecular weight excluding hydrogens is 266 g/mol. The monoisotopic (exact) mass is 287 g/mol. The number of aliphatic hydroxyl groups is 1. The molecule has 1 aromatic carbocycles. The second-order valence-electron chi connectivity index (χ2n) is 5.34. The third-order valence-corrected chi connectivity index (χ3v) is 3.76. The minimum atomic E-state index is -0.558. The van der Waals surface area contributed by atoms with Crippen molar-refractivity contribution >= 4 is 5.91 Å². The fraction of sp³-hybridized carbons (Fsp3) is 0.375. The van der Waals surface area contributed by atoms with Crippen molar-refractivity contribution in [2.45, 2.75) is 38.8 Å². The molecule has 2 rings (SSSR count). The standard InChI is InChI=1S/C16H21N3O2/c1-11-5-3-4-6-13(11)7-8-15(12(2)20)19-9-14(16(17)21)18-10-19/h3-6,9-10,12,15,20H,7-8H2,1-2H3,(H2,17,21)/t12-,15+/m0/s1. The van der Waals surface area contributed by atoms with Crippen LogP contribution in [0.5, 0.6) is 0 Å². The van der Waals surface area contributed by atoms with E-state index in [9.17, 15) is 9.90 Å². The summed E-state index contributed by atoms with van der Waals surface area (Å²) in [4.78, 5) is 15.1. The van der Waals surface area contributed by atoms with Crippen LogP contribution < -0.4 is 5.73 Å². The first-order valence-electron chi connectivity index (χ1n) is 7.05. The van der Waals surface area contributed by atoms with Crippen LogP contribution in [-0.4, -0.2) is 26.7 Å². The third-order valence-electron chi connectivity index (χ3n) is 3.76. The van der Waals surface area contributed by atoms with Crippen LogP contribution in [-0.2, 0) is 6.42 Å². The van der Waals surface area contributed by atoms with Crippen LogP contribution in [0.25, 0.3) is 0 Å². The molecule has 3 N–H and O–H groups in total. The molecule has 0 aliphatic heterocycles. The number of hydrogen-bond acceptors (Lipinski definition) is 3. The van der Waals surface area contributed by atoms with Crippen molar-refractivity contribution in [2.24, 2.45) is 5.73 Å². The minimum absolute atomic E-state index is 0.134. The molecule has 5 heteroatoms. The molecule has 0 spiro atoms. The van der Waals surface area contributed by atoms with Gasteiger partial charge in [0.05, 0.1) is 18.5 Å². The molecule has 1 heterocycles. The number of benzene rings is 1. The van der Waals surface area contributed by atoms with Gasteiger partial charge in [0.25, 0.3) is 5.91 Å². The van der Waals surface area contributed by atoms with Gasteiger partial charge >= 0.3 is 0 Å². The van der Waals surface area contributed by atoms with Crippen molar-refractivity contribution < 1.29 is 9.90 Å². The number of nitrogens with zero attached hydrogens (tertiary/aromatic N) is 2. The number of nitrogens with two attached hydrogens (primary N) is 1. The average molecular weight is 287 g/mol. The quantitative estimate of drug-likeness (QED) is 0.850. The summed E-state index contributed by atoms with van der Waals surface area (Å²) in [6.07, 6.45) is 4.22. The number of rotatable bonds is 6. The van der Waals surface area contributed by atoms with Gasteiger partial charge in [0.1, 0.15) is 5.69 Å². The van der Waals surface area contributed by atoms with Gasteiger partial charge in [0, 0.05) is 6.20 Å². The van der Waals surface area contributed by atoms with Crippen LogP contribution in [0.1, 0.15) is 41.0 Å². The van der Waals surface area contributed by atoms with Crippen molar-refractivity contribution in [3.63, 3.8) is 0 Å². The lowest BCUT2D eigenvalue weighted by Crippen LogP contribution is -2.21. The van der Waals surface area contributed by atoms with E-state index in [0.717, 1.165) is 12.8 Å². The smallest absolute Gasteiger partial charge is 0.268 e. The number of aromatic nitrogens is 2. The molecule has 112 valence electrons. The maximum atomic E-state index is 11.1. The topological polar surface area (TPSA) is 81.1 Å². The molecule has 0 saturated heterocycles. The number of aryl methyl sites for hydroxylation is 2. The number of imidazole rings is 1. The van der Waals surface area contributed by atoms with Crippen LogP contribution >= 0.6 is 0 Å². The molecule has 1 amide bonds. The van der Waals surface area contributed by atoms with Gasteiger partial charge in [-0.25, -0.2) is 4.98 Å². The van der Waals surface area contributed by atoms with Crippen LogP contribution in [0, 0.1) is 6.92 Å². The zero-order chi connectivity index (χ0) is 15.4. The van der Waals surface area contributed by atoms with Crippen LogP contribution in [0.15, 0.2) is 36.8 Å². The summed E-state index contributed by atoms with van der Waals surface area (Å²) in [5.74, 6) is -0.558. The molecule has 0 aliphatic rings. The maximum Gasteiger partial charge on any atom is 0.268 e. The molecule has 0 aliphatic carbocycles. The molecular formula is C16H21N3O2. The van der Waals surface area contributed by atoms with E-state index in [0.29, 0.717) is 0 Å². The average Bonchev–Trinajstić information content (AvgIpc) is 2.90. The molecule has 0 unspecified atom stereocenters. The predicted molar refractivity (Wildman–Crippen MR) is 81.0 cm³/mol. The van der Waals surface area contributed by atoms with E-state index in [1.807, 2.05) is 12.1 Å². The summed E-state index contributed by atoms with van der Waals surface area (Å²) < 4.78 is 1.77. The highest BCUT2D eigenvalue weighted by Gasteiger charge is 2.18. The maximum absolute atomic E-state index is 11.1. The van der Waals surface area contributed by atoms with Gasteiger partial charge in [-0.1, -0.05) is 24.3 Å². The lowest BCUT2D eigenvalue weighted by atomic mass is 9.99. The van der Waals surface area contributed by atoms with Gasteiger partial charge in [-0.05, 0) is 37.8 Å². The van der Waals surface area contributed by atoms with Crippen LogP contribution in [0.4, 0.5) is 0 Å². The van der Waals surface area contributed by atoms with Gasteiger partial charge in [-0.3, -0.25) is 4.79 Å². The number of hydrogen-bond donors (Lipinski definition) is 2. The van der Waals surface area contributed by atoms with E-state index in [4.69, 9.17) is 5.73 Å². The molecule has 0 radical (unpaired) electrons. The van der Waals surface area contributed by atoms with Crippen molar-refractivity contribution in [2.75, 3.05) is 0 Å². The highest BCUT2D eigenvalue weighted by atomic mass is 16.3. The Balaban J connectivity index is 2.12. The first-order chi connectivity index (χ1) is 9.99. The number of aliphatic hydroxyl groups excluding tert-OH is 1. The predicted octanol–water partition coefficient (Wildman–Crippen LogP) is 1.85. The van der Waals surface area contributed by atoms with Crippen molar-refractivity contribution in [1.29, 1.82) is 0 Å². The van der Waals surface area contributed by atoms with Crippen molar-refractivity contribution in [1.82, 2.24) is 9.55 Å². The van der Waals surface area contributed by atoms with Gasteiger partial charge in [-0.2, -0.15) is 0 Å². The van der Waals surface area contributed by atoms with Gasteiger partial charge in [0.15, 0.2) is 0 Å². The highest BCUT2D eigenvalue weighted by Crippen LogP contribution is 2.21. The fourth-order valence-electron chi connectivity index (χ4n) is 2.48. The van der Waals surface area contributed by atoms with E-state index in [-0.39, 0.29) is 11.7 Å². The normalized spacial score (nSPS) is 13.9. The Hall–Kier alpha value is -2.14. The Morgan fingerprint density at radius 3 is 2.71 bits per heavy atom. The molecule has 0 bridgehead atoms. The Morgan fingerprint density at radius 1 is 1.43 bits per heavy atom. The summed E-state index contributed by atoms with van der Waals surface area (Å²) in [5, 5.41) is 10.00. The van der Waals surface area contributed by atoms with Crippen LogP contribution in [0.3, 0.4) is 0 Å². The number of primary amides is 1. The number of carbonyl (C=O) groups is 1. The van der Waals surface area contributed by atoms with Gasteiger partial charge in [0.2, 0.25) is 0 Å². The second kappa shape index (κ2) is 6.54. The first-order valence-corrected chi connectivity index (χ1v) is 7.05. The van der Waals surface area contributed by atoms with E-state index < -0.39 is 12.0 Å². The summed E-state index contributed by atoms with van der Waals surface area (Å²) in [7, 11) is 0. The van der Waals surface area contributed by atoms with Crippen molar-refractivity contribution in [3.05, 3.63) is 53.6 Å². The van der Waals surface area contributed by atoms with Crippen molar-refractivity contribution in [3.8, 4) is 0 Å². The summed E-state index contributed by atoms with van der Waals surface area (Å²) in [6.45, 7) is 3.82. The minimum Gasteiger partial charge on any atom is -0.391 e. The molecule has 0 fully saturated rings. The Bertz CT molecular complexity index is 619. The molecule has 2 atom stereocenters. The fourth-order valence-corrected chi connectivity index (χ4v) is 2.48. The second-order valence-corrected chi connectivity index (χ2v) is 5.34. The van der Waals surface area contributed by atoms with E-state index in [1.165, 1.54) is 11.1 Å². The Kier molecular flexibility index (Phi) is 4.75. The summed E-state index contributed by atoms with van der Waals surface area (Å²) in [5.41, 5.74) is 7.93. The third kappa shape index (κ3) is 3.70. The van der Waals surface area contributed by atoms with Gasteiger partial charge < -0.3 is 15.4 Å². The molecule has 1 aromatic heterocycles. The molecule has 0 saturated carbocycles. The zero-order valence-corrected chi connectivity index (χ0v) is 12.4. The number of carbonyl (C=O) groups excluding carboxylic acids is 1. The highest BCUT2D eigenvalue weighted by molar-refractivity contribution is 5.90. The Morgan fingerprint density at radius 2 is 2.14 bits per heavy atom. The van der Waals surface area contributed by atoms with Crippen LogP contribution in [0.2, 0.25) is 0 Å². The first kappa shape index (κ1) is 15.3. The number of amides is 1.